The summed E-state index contributed by atoms with van der Waals surface area (Å²) in [6, 6.07) is 15.3. The first-order valence-corrected chi connectivity index (χ1v) is 10.0. The van der Waals surface area contributed by atoms with Crippen LogP contribution in [0.4, 0.5) is 0 Å². The Kier molecular flexibility index (Phi) is 6.90. The molecule has 0 spiro atoms. The first-order chi connectivity index (χ1) is 14.4. The Morgan fingerprint density at radius 2 is 1.83 bits per heavy atom. The van der Waals surface area contributed by atoms with Crippen LogP contribution in [0.2, 0.25) is 0 Å². The van der Waals surface area contributed by atoms with Gasteiger partial charge in [-0.05, 0) is 38.0 Å². The van der Waals surface area contributed by atoms with Gasteiger partial charge in [0.15, 0.2) is 0 Å². The lowest BCUT2D eigenvalue weighted by molar-refractivity contribution is -0.140. The Morgan fingerprint density at radius 1 is 1.10 bits per heavy atom. The number of carbonyl (C=O) groups is 2. The molecule has 1 aliphatic heterocycles. The first-order valence-electron chi connectivity index (χ1n) is 10.0. The quantitative estimate of drug-likeness (QED) is 0.309. The highest BCUT2D eigenvalue weighted by Gasteiger charge is 2.45. The number of amides is 1. The predicted octanol–water partition coefficient (Wildman–Crippen LogP) is 3.93. The van der Waals surface area contributed by atoms with Crippen molar-refractivity contribution in [3.8, 4) is 5.75 Å². The van der Waals surface area contributed by atoms with Crippen molar-refractivity contribution in [2.24, 2.45) is 0 Å². The molecule has 0 unspecified atom stereocenters. The third-order valence-corrected chi connectivity index (χ3v) is 4.99. The van der Waals surface area contributed by atoms with Crippen LogP contribution < -0.4 is 4.74 Å². The molecule has 1 fully saturated rings. The molecule has 1 aliphatic rings. The molecule has 0 radical (unpaired) electrons. The highest BCUT2D eigenvalue weighted by atomic mass is 16.5. The summed E-state index contributed by atoms with van der Waals surface area (Å²) < 4.78 is 10.9. The van der Waals surface area contributed by atoms with Gasteiger partial charge < -0.3 is 19.5 Å². The Labute approximate surface area is 176 Å². The number of likely N-dealkylation sites (tertiary alicyclic amines) is 1. The Balaban J connectivity index is 2.03. The van der Waals surface area contributed by atoms with Crippen LogP contribution in [-0.4, -0.2) is 48.1 Å². The van der Waals surface area contributed by atoms with Crippen LogP contribution in [0.1, 0.15) is 37.4 Å². The molecule has 1 amide bonds. The number of hydrogen-bond acceptors (Lipinski definition) is 5. The number of methoxy groups -OCH3 is 1. The van der Waals surface area contributed by atoms with Gasteiger partial charge in [-0.2, -0.15) is 0 Å². The first kappa shape index (κ1) is 21.6. The van der Waals surface area contributed by atoms with Crippen molar-refractivity contribution < 1.29 is 24.2 Å². The zero-order valence-corrected chi connectivity index (χ0v) is 17.5. The van der Waals surface area contributed by atoms with Gasteiger partial charge in [0.1, 0.15) is 11.5 Å². The maximum absolute atomic E-state index is 12.9. The van der Waals surface area contributed by atoms with Gasteiger partial charge in [-0.15, -0.1) is 0 Å². The van der Waals surface area contributed by atoms with Gasteiger partial charge in [0.25, 0.3) is 11.7 Å². The number of Topliss-reactive ketones (excluding diaryl/α,β-unsaturated/α-hetero) is 1. The lowest BCUT2D eigenvalue weighted by atomic mass is 9.95. The van der Waals surface area contributed by atoms with E-state index in [1.165, 1.54) is 4.90 Å². The molecule has 2 aromatic rings. The molecule has 2 aromatic carbocycles. The highest BCUT2D eigenvalue weighted by molar-refractivity contribution is 6.46. The largest absolute Gasteiger partial charge is 0.507 e. The summed E-state index contributed by atoms with van der Waals surface area (Å²) in [6.45, 7) is 4.71. The summed E-state index contributed by atoms with van der Waals surface area (Å²) in [5.74, 6) is -0.873. The molecule has 0 aliphatic carbocycles. The van der Waals surface area contributed by atoms with Gasteiger partial charge in [0.2, 0.25) is 0 Å². The van der Waals surface area contributed by atoms with Crippen LogP contribution in [0, 0.1) is 0 Å². The summed E-state index contributed by atoms with van der Waals surface area (Å²) in [6.07, 6.45) is 0.671. The van der Waals surface area contributed by atoms with Gasteiger partial charge >= 0.3 is 0 Å². The molecule has 1 heterocycles. The summed E-state index contributed by atoms with van der Waals surface area (Å²) in [5.41, 5.74) is 1.28. The number of aliphatic hydroxyl groups is 1. The second-order valence-corrected chi connectivity index (χ2v) is 7.41. The molecular formula is C24H27NO5. The van der Waals surface area contributed by atoms with E-state index in [-0.39, 0.29) is 17.4 Å². The minimum absolute atomic E-state index is 0.0873. The maximum Gasteiger partial charge on any atom is 0.295 e. The zero-order chi connectivity index (χ0) is 21.7. The van der Waals surface area contributed by atoms with Gasteiger partial charge in [-0.1, -0.05) is 42.5 Å². The van der Waals surface area contributed by atoms with Gasteiger partial charge in [0.05, 0.1) is 24.8 Å². The normalized spacial score (nSPS) is 18.3. The minimum atomic E-state index is -0.695. The average molecular weight is 409 g/mol. The number of benzene rings is 2. The fraction of sp³-hybridized carbons (Fsp3) is 0.333. The van der Waals surface area contributed by atoms with Crippen molar-refractivity contribution in [3.63, 3.8) is 0 Å². The molecule has 3 rings (SSSR count). The van der Waals surface area contributed by atoms with E-state index in [0.717, 1.165) is 0 Å². The fourth-order valence-corrected chi connectivity index (χ4v) is 3.57. The van der Waals surface area contributed by atoms with Crippen molar-refractivity contribution in [1.82, 2.24) is 4.90 Å². The predicted molar refractivity (Wildman–Crippen MR) is 114 cm³/mol. The van der Waals surface area contributed by atoms with Crippen LogP contribution >= 0.6 is 0 Å². The average Bonchev–Trinajstić information content (AvgIpc) is 3.01. The summed E-state index contributed by atoms with van der Waals surface area (Å²) in [5, 5.41) is 11.0. The molecule has 0 aromatic heterocycles. The van der Waals surface area contributed by atoms with Crippen LogP contribution in [0.3, 0.4) is 0 Å². The van der Waals surface area contributed by atoms with Crippen molar-refractivity contribution in [2.45, 2.75) is 32.4 Å². The fourth-order valence-electron chi connectivity index (χ4n) is 3.57. The molecular weight excluding hydrogens is 382 g/mol. The number of nitrogens with zero attached hydrogens (tertiary/aromatic N) is 1. The van der Waals surface area contributed by atoms with Crippen LogP contribution in [0.15, 0.2) is 60.2 Å². The lowest BCUT2D eigenvalue weighted by Crippen LogP contribution is -2.31. The summed E-state index contributed by atoms with van der Waals surface area (Å²) in [4.78, 5) is 27.3. The summed E-state index contributed by atoms with van der Waals surface area (Å²) in [7, 11) is 1.56. The molecule has 6 heteroatoms. The van der Waals surface area contributed by atoms with E-state index in [9.17, 15) is 14.7 Å². The van der Waals surface area contributed by atoms with Crippen molar-refractivity contribution in [2.75, 3.05) is 20.3 Å². The number of ether oxygens (including phenoxy) is 2. The molecule has 1 saturated heterocycles. The van der Waals surface area contributed by atoms with Gasteiger partial charge in [-0.3, -0.25) is 9.59 Å². The maximum atomic E-state index is 12.9. The van der Waals surface area contributed by atoms with E-state index in [0.29, 0.717) is 36.4 Å². The second-order valence-electron chi connectivity index (χ2n) is 7.41. The molecule has 6 nitrogen and oxygen atoms in total. The number of carbonyl (C=O) groups excluding carboxylic acids is 2. The van der Waals surface area contributed by atoms with Crippen LogP contribution in [0.5, 0.6) is 5.75 Å². The standard InChI is InChI=1S/C24H27NO5/c1-16(2)30-14-8-13-25-21(18-11-7-12-19(15-18)29-3)20(23(27)24(25)28)22(26)17-9-5-4-6-10-17/h4-7,9-12,15-16,21,26H,8,13-14H2,1-3H3/t21-/m0/s1. The number of hydrogen-bond donors (Lipinski definition) is 1. The minimum Gasteiger partial charge on any atom is -0.507 e. The number of rotatable bonds is 8. The van der Waals surface area contributed by atoms with E-state index in [1.807, 2.05) is 26.0 Å². The van der Waals surface area contributed by atoms with Crippen molar-refractivity contribution >= 4 is 17.4 Å². The molecule has 0 saturated carbocycles. The molecule has 158 valence electrons. The highest BCUT2D eigenvalue weighted by Crippen LogP contribution is 2.40. The Bertz CT molecular complexity index is 936. The van der Waals surface area contributed by atoms with E-state index >= 15 is 0 Å². The number of aliphatic hydroxyl groups excluding tert-OH is 1. The van der Waals surface area contributed by atoms with E-state index in [2.05, 4.69) is 0 Å². The van der Waals surface area contributed by atoms with Crippen molar-refractivity contribution in [1.29, 1.82) is 0 Å². The summed E-state index contributed by atoms with van der Waals surface area (Å²) >= 11 is 0. The van der Waals surface area contributed by atoms with E-state index < -0.39 is 17.7 Å². The topological polar surface area (TPSA) is 76.1 Å². The molecule has 1 atom stereocenters. The molecule has 1 N–H and O–H groups in total. The third kappa shape index (κ3) is 4.54. The van der Waals surface area contributed by atoms with Crippen LogP contribution in [-0.2, 0) is 14.3 Å². The lowest BCUT2D eigenvalue weighted by Gasteiger charge is -2.25. The molecule has 0 bridgehead atoms. The monoisotopic (exact) mass is 409 g/mol. The zero-order valence-electron chi connectivity index (χ0n) is 17.5. The smallest absolute Gasteiger partial charge is 0.295 e. The van der Waals surface area contributed by atoms with Gasteiger partial charge in [0, 0.05) is 18.7 Å². The van der Waals surface area contributed by atoms with E-state index in [1.54, 1.807) is 49.6 Å². The third-order valence-electron chi connectivity index (χ3n) is 4.99. The number of ketones is 1. The van der Waals surface area contributed by atoms with Crippen LogP contribution in [0.25, 0.3) is 5.76 Å². The van der Waals surface area contributed by atoms with Gasteiger partial charge in [-0.25, -0.2) is 0 Å². The Morgan fingerprint density at radius 3 is 2.50 bits per heavy atom. The SMILES string of the molecule is COc1cccc([C@H]2C(=C(O)c3ccccc3)C(=O)C(=O)N2CCCOC(C)C)c1. The second kappa shape index (κ2) is 9.59. The Hall–Kier alpha value is -3.12. The van der Waals surface area contributed by atoms with E-state index in [4.69, 9.17) is 9.47 Å². The molecule has 30 heavy (non-hydrogen) atoms. The van der Waals surface area contributed by atoms with Crippen molar-refractivity contribution in [3.05, 3.63) is 71.3 Å².